The van der Waals surface area contributed by atoms with E-state index in [2.05, 4.69) is 15.3 Å². The number of morpholine rings is 1. The van der Waals surface area contributed by atoms with Gasteiger partial charge in [0.15, 0.2) is 22.2 Å². The predicted octanol–water partition coefficient (Wildman–Crippen LogP) is 2.86. The first-order chi connectivity index (χ1) is 20.7. The summed E-state index contributed by atoms with van der Waals surface area (Å²) in [6, 6.07) is 8.77. The van der Waals surface area contributed by atoms with Crippen LogP contribution in [0.2, 0.25) is 0 Å². The van der Waals surface area contributed by atoms with E-state index in [0.717, 1.165) is 5.57 Å². The lowest BCUT2D eigenvalue weighted by Gasteiger charge is -2.28. The molecule has 0 spiro atoms. The number of aromatic nitrogens is 3. The van der Waals surface area contributed by atoms with Crippen LogP contribution in [0.15, 0.2) is 47.4 Å². The Morgan fingerprint density at radius 2 is 1.67 bits per heavy atom. The molecular formula is C27H31N7O8S. The second kappa shape index (κ2) is 12.8. The van der Waals surface area contributed by atoms with Crippen molar-refractivity contribution in [3.05, 3.63) is 58.4 Å². The number of para-hydroxylation sites is 1. The fraction of sp³-hybridized carbons (Fsp3) is 0.370. The first-order valence-electron chi connectivity index (χ1n) is 13.3. The zero-order valence-corrected chi connectivity index (χ0v) is 24.7. The Bertz CT molecular complexity index is 1620. The molecule has 1 saturated heterocycles. The van der Waals surface area contributed by atoms with Crippen LogP contribution in [0.1, 0.15) is 12.2 Å². The molecule has 2 aromatic carbocycles. The van der Waals surface area contributed by atoms with Crippen LogP contribution in [-0.4, -0.2) is 93.3 Å². The Labute approximate surface area is 248 Å². The fourth-order valence-electron chi connectivity index (χ4n) is 4.79. The largest absolute Gasteiger partial charge is 0.493 e. The van der Waals surface area contributed by atoms with Gasteiger partial charge in [0, 0.05) is 50.1 Å². The first-order valence-corrected chi connectivity index (χ1v) is 14.8. The number of methoxy groups -OCH3 is 3. The highest BCUT2D eigenvalue weighted by Gasteiger charge is 2.33. The van der Waals surface area contributed by atoms with Crippen LogP contribution in [0, 0.1) is 10.1 Å². The highest BCUT2D eigenvalue weighted by molar-refractivity contribution is 7.89. The minimum Gasteiger partial charge on any atom is -0.493 e. The second-order valence-electron chi connectivity index (χ2n) is 9.49. The highest BCUT2D eigenvalue weighted by Crippen LogP contribution is 2.40. The van der Waals surface area contributed by atoms with Crippen molar-refractivity contribution >= 4 is 38.9 Å². The van der Waals surface area contributed by atoms with Crippen molar-refractivity contribution in [2.75, 3.05) is 70.9 Å². The molecule has 0 amide bonds. The van der Waals surface area contributed by atoms with Crippen molar-refractivity contribution < 1.29 is 32.3 Å². The smallest absolute Gasteiger partial charge is 0.289 e. The molecule has 1 N–H and O–H groups in total. The molecule has 3 aromatic rings. The Balaban J connectivity index is 1.47. The Morgan fingerprint density at radius 1 is 0.977 bits per heavy atom. The van der Waals surface area contributed by atoms with E-state index in [1.807, 2.05) is 4.90 Å². The number of anilines is 3. The number of nitro groups is 1. The molecule has 2 aliphatic heterocycles. The summed E-state index contributed by atoms with van der Waals surface area (Å²) in [5.74, 6) is 2.42. The van der Waals surface area contributed by atoms with Crippen LogP contribution in [0.3, 0.4) is 0 Å². The fourth-order valence-corrected chi connectivity index (χ4v) is 6.33. The van der Waals surface area contributed by atoms with Crippen molar-refractivity contribution in [3.63, 3.8) is 0 Å². The van der Waals surface area contributed by atoms with Gasteiger partial charge in [-0.3, -0.25) is 10.1 Å². The predicted molar refractivity (Wildman–Crippen MR) is 157 cm³/mol. The van der Waals surface area contributed by atoms with Crippen molar-refractivity contribution in [2.24, 2.45) is 0 Å². The Morgan fingerprint density at radius 3 is 2.28 bits per heavy atom. The van der Waals surface area contributed by atoms with Gasteiger partial charge in [-0.15, -0.1) is 0 Å². The number of sulfonamides is 1. The van der Waals surface area contributed by atoms with Gasteiger partial charge >= 0.3 is 0 Å². The Hall–Kier alpha value is -4.54. The SMILES string of the molecule is COc1cc(Nc2nc(C3=CCN(S(=O)(=O)c4ccccc4[N+](=O)[O-])CC3)nc(N3CCOCC3)n2)cc(OC)c1OC. The zero-order valence-electron chi connectivity index (χ0n) is 23.8. The quantitative estimate of drug-likeness (QED) is 0.262. The molecule has 43 heavy (non-hydrogen) atoms. The van der Waals surface area contributed by atoms with Crippen LogP contribution in [-0.2, 0) is 14.8 Å². The summed E-state index contributed by atoms with van der Waals surface area (Å²) in [6.07, 6.45) is 2.01. The number of hydrogen-bond acceptors (Lipinski definition) is 13. The molecule has 2 aliphatic rings. The Kier molecular flexibility index (Phi) is 8.89. The number of ether oxygens (including phenoxy) is 4. The number of hydrogen-bond donors (Lipinski definition) is 1. The maximum atomic E-state index is 13.3. The van der Waals surface area contributed by atoms with Gasteiger partial charge in [-0.1, -0.05) is 18.2 Å². The van der Waals surface area contributed by atoms with Crippen molar-refractivity contribution in [1.29, 1.82) is 0 Å². The first kappa shape index (κ1) is 29.9. The minimum absolute atomic E-state index is 0.00206. The van der Waals surface area contributed by atoms with E-state index in [1.54, 1.807) is 18.2 Å². The molecular weight excluding hydrogens is 582 g/mol. The van der Waals surface area contributed by atoms with Crippen molar-refractivity contribution in [3.8, 4) is 17.2 Å². The van der Waals surface area contributed by atoms with E-state index in [0.29, 0.717) is 61.0 Å². The van der Waals surface area contributed by atoms with Gasteiger partial charge in [-0.25, -0.2) is 8.42 Å². The van der Waals surface area contributed by atoms with Gasteiger partial charge in [-0.2, -0.15) is 19.3 Å². The number of rotatable bonds is 10. The van der Waals surface area contributed by atoms with E-state index in [9.17, 15) is 18.5 Å². The molecule has 0 saturated carbocycles. The third-order valence-corrected chi connectivity index (χ3v) is 8.89. The van der Waals surface area contributed by atoms with Crippen molar-refractivity contribution in [1.82, 2.24) is 19.3 Å². The molecule has 0 unspecified atom stereocenters. The summed E-state index contributed by atoms with van der Waals surface area (Å²) in [7, 11) is 0.452. The van der Waals surface area contributed by atoms with Crippen LogP contribution in [0.5, 0.6) is 17.2 Å². The standard InChI is InChI=1S/C27H31N7O8S/c1-39-21-16-19(17-22(40-2)24(21)41-3)28-26-29-25(30-27(31-26)32-12-14-42-15-13-32)18-8-10-33(11-9-18)43(37,38)23-7-5-4-6-20(23)34(35)36/h4-8,16-17H,9-15H2,1-3H3,(H,28,29,30,31). The molecule has 0 aliphatic carbocycles. The van der Waals surface area contributed by atoms with Crippen LogP contribution < -0.4 is 24.4 Å². The van der Waals surface area contributed by atoms with E-state index >= 15 is 0 Å². The topological polar surface area (TPSA) is 171 Å². The average molecular weight is 614 g/mol. The third-order valence-electron chi connectivity index (χ3n) is 6.98. The molecule has 0 radical (unpaired) electrons. The summed E-state index contributed by atoms with van der Waals surface area (Å²) in [5.41, 5.74) is 0.838. The maximum absolute atomic E-state index is 13.3. The molecule has 0 bridgehead atoms. The normalized spacial score (nSPS) is 15.9. The van der Waals surface area contributed by atoms with Gasteiger partial charge < -0.3 is 29.2 Å². The van der Waals surface area contributed by atoms with Crippen molar-refractivity contribution in [2.45, 2.75) is 11.3 Å². The van der Waals surface area contributed by atoms with E-state index in [-0.39, 0.29) is 30.4 Å². The van der Waals surface area contributed by atoms with E-state index < -0.39 is 20.6 Å². The van der Waals surface area contributed by atoms with Crippen LogP contribution >= 0.6 is 0 Å². The molecule has 0 atom stereocenters. The number of benzene rings is 2. The van der Waals surface area contributed by atoms with Gasteiger partial charge in [0.2, 0.25) is 27.7 Å². The maximum Gasteiger partial charge on any atom is 0.289 e. The van der Waals surface area contributed by atoms with E-state index in [4.69, 9.17) is 23.9 Å². The molecule has 16 heteroatoms. The minimum atomic E-state index is -4.11. The lowest BCUT2D eigenvalue weighted by molar-refractivity contribution is -0.387. The molecule has 5 rings (SSSR count). The number of nitro benzene ring substituents is 1. The lowest BCUT2D eigenvalue weighted by Crippen LogP contribution is -2.38. The number of nitrogens with one attached hydrogen (secondary N) is 1. The average Bonchev–Trinajstić information content (AvgIpc) is 3.04. The van der Waals surface area contributed by atoms with Gasteiger partial charge in [0.1, 0.15) is 0 Å². The van der Waals surface area contributed by atoms with Gasteiger partial charge in [0.05, 0.1) is 39.5 Å². The summed E-state index contributed by atoms with van der Waals surface area (Å²) in [5, 5.41) is 14.7. The summed E-state index contributed by atoms with van der Waals surface area (Å²) in [4.78, 5) is 26.4. The van der Waals surface area contributed by atoms with Crippen LogP contribution in [0.25, 0.3) is 5.57 Å². The third kappa shape index (κ3) is 6.30. The van der Waals surface area contributed by atoms with Crippen LogP contribution in [0.4, 0.5) is 23.3 Å². The number of nitrogens with zero attached hydrogens (tertiary/aromatic N) is 6. The van der Waals surface area contributed by atoms with E-state index in [1.165, 1.54) is 49.9 Å². The monoisotopic (exact) mass is 613 g/mol. The van der Waals surface area contributed by atoms with Gasteiger partial charge in [-0.05, 0) is 18.1 Å². The molecule has 1 aromatic heterocycles. The lowest BCUT2D eigenvalue weighted by atomic mass is 10.1. The summed E-state index contributed by atoms with van der Waals surface area (Å²) in [6.45, 7) is 2.32. The highest BCUT2D eigenvalue weighted by atomic mass is 32.2. The summed E-state index contributed by atoms with van der Waals surface area (Å²) < 4.78 is 49.7. The molecule has 1 fully saturated rings. The molecule has 228 valence electrons. The molecule has 15 nitrogen and oxygen atoms in total. The molecule has 3 heterocycles. The van der Waals surface area contributed by atoms with Gasteiger partial charge in [0.25, 0.3) is 5.69 Å². The summed E-state index contributed by atoms with van der Waals surface area (Å²) >= 11 is 0. The second-order valence-corrected chi connectivity index (χ2v) is 11.4. The zero-order chi connectivity index (χ0) is 30.6.